The van der Waals surface area contributed by atoms with Crippen molar-refractivity contribution in [2.24, 2.45) is 0 Å². The number of hydrogen-bond acceptors (Lipinski definition) is 5. The van der Waals surface area contributed by atoms with Gasteiger partial charge in [-0.05, 0) is 32.1 Å². The maximum absolute atomic E-state index is 12.7. The highest BCUT2D eigenvalue weighted by Crippen LogP contribution is 2.24. The number of carbonyl (C=O) groups is 2. The van der Waals surface area contributed by atoms with Crippen LogP contribution in [-0.4, -0.2) is 109 Å². The first-order valence-corrected chi connectivity index (χ1v) is 11.4. The van der Waals surface area contributed by atoms with Crippen LogP contribution in [0.3, 0.4) is 0 Å². The highest BCUT2D eigenvalue weighted by Gasteiger charge is 2.31. The lowest BCUT2D eigenvalue weighted by Gasteiger charge is -2.40. The van der Waals surface area contributed by atoms with Crippen LogP contribution in [0.25, 0.3) is 0 Å². The Morgan fingerprint density at radius 3 is 2.04 bits per heavy atom. The highest BCUT2D eigenvalue weighted by atomic mass is 16.5. The summed E-state index contributed by atoms with van der Waals surface area (Å²) in [5, 5.41) is 0. The smallest absolute Gasteiger partial charge is 0.251 e. The summed E-state index contributed by atoms with van der Waals surface area (Å²) < 4.78 is 5.64. The van der Waals surface area contributed by atoms with Gasteiger partial charge in [0.2, 0.25) is 5.91 Å². The van der Waals surface area contributed by atoms with Gasteiger partial charge >= 0.3 is 0 Å². The van der Waals surface area contributed by atoms with Gasteiger partial charge < -0.3 is 14.5 Å². The molecule has 4 aliphatic rings. The average molecular weight is 393 g/mol. The van der Waals surface area contributed by atoms with E-state index in [1.165, 1.54) is 25.7 Å². The van der Waals surface area contributed by atoms with Crippen molar-refractivity contribution in [2.75, 3.05) is 65.5 Å². The number of amides is 2. The zero-order valence-electron chi connectivity index (χ0n) is 17.2. The van der Waals surface area contributed by atoms with Gasteiger partial charge in [-0.25, -0.2) is 0 Å². The number of piperazine rings is 2. The second-order valence-corrected chi connectivity index (χ2v) is 8.81. The molecule has 0 spiro atoms. The second-order valence-electron chi connectivity index (χ2n) is 8.81. The summed E-state index contributed by atoms with van der Waals surface area (Å²) >= 11 is 0. The minimum Gasteiger partial charge on any atom is -0.368 e. The largest absolute Gasteiger partial charge is 0.368 e. The van der Waals surface area contributed by atoms with Crippen molar-refractivity contribution in [1.82, 2.24) is 19.6 Å². The molecular weight excluding hydrogens is 356 g/mol. The van der Waals surface area contributed by atoms with Crippen molar-refractivity contribution in [3.63, 3.8) is 0 Å². The molecule has 2 amide bonds. The molecule has 4 rings (SSSR count). The van der Waals surface area contributed by atoms with E-state index in [-0.39, 0.29) is 17.9 Å². The molecule has 7 heteroatoms. The van der Waals surface area contributed by atoms with E-state index in [2.05, 4.69) is 9.80 Å². The van der Waals surface area contributed by atoms with Gasteiger partial charge in [-0.3, -0.25) is 19.4 Å². The Morgan fingerprint density at radius 2 is 1.39 bits per heavy atom. The molecule has 28 heavy (non-hydrogen) atoms. The average Bonchev–Trinajstić information content (AvgIpc) is 3.29. The van der Waals surface area contributed by atoms with Crippen molar-refractivity contribution in [1.29, 1.82) is 0 Å². The van der Waals surface area contributed by atoms with Crippen molar-refractivity contribution in [3.8, 4) is 0 Å². The Balaban J connectivity index is 1.16. The zero-order chi connectivity index (χ0) is 19.3. The summed E-state index contributed by atoms with van der Waals surface area (Å²) in [6, 6.07) is 0.760. The van der Waals surface area contributed by atoms with E-state index in [9.17, 15) is 9.59 Å². The fraction of sp³-hybridized carbons (Fsp3) is 0.905. The van der Waals surface area contributed by atoms with Crippen LogP contribution in [0.2, 0.25) is 0 Å². The SMILES string of the molecule is O=C(CN1CCN(C(=O)C2CCCCO2)CC1)N1CCN(C2CCCC2)CC1. The van der Waals surface area contributed by atoms with Crippen LogP contribution >= 0.6 is 0 Å². The third kappa shape index (κ3) is 4.86. The number of nitrogens with zero attached hydrogens (tertiary/aromatic N) is 4. The van der Waals surface area contributed by atoms with Gasteiger partial charge in [0, 0.05) is 65.0 Å². The standard InChI is InChI=1S/C21H36N4O3/c26-20(24-14-12-23(13-15-24)18-5-1-2-6-18)17-22-8-10-25(11-9-22)21(27)19-7-3-4-16-28-19/h18-19H,1-17H2. The first kappa shape index (κ1) is 20.1. The van der Waals surface area contributed by atoms with E-state index in [1.807, 2.05) is 9.80 Å². The predicted octanol–water partition coefficient (Wildman–Crippen LogP) is 0.787. The summed E-state index contributed by atoms with van der Waals surface area (Å²) in [5.74, 6) is 0.398. The lowest BCUT2D eigenvalue weighted by molar-refractivity contribution is -0.148. The Bertz CT molecular complexity index is 530. The highest BCUT2D eigenvalue weighted by molar-refractivity contribution is 5.81. The van der Waals surface area contributed by atoms with Gasteiger partial charge in [-0.2, -0.15) is 0 Å². The van der Waals surface area contributed by atoms with Crippen molar-refractivity contribution in [2.45, 2.75) is 57.1 Å². The molecule has 0 radical (unpaired) electrons. The molecule has 0 aromatic heterocycles. The molecule has 3 aliphatic heterocycles. The van der Waals surface area contributed by atoms with E-state index >= 15 is 0 Å². The van der Waals surface area contributed by atoms with Crippen LogP contribution in [0.5, 0.6) is 0 Å². The molecule has 1 atom stereocenters. The minimum absolute atomic E-state index is 0.147. The van der Waals surface area contributed by atoms with E-state index in [1.54, 1.807) is 0 Å². The van der Waals surface area contributed by atoms with Crippen LogP contribution in [0.4, 0.5) is 0 Å². The maximum atomic E-state index is 12.7. The molecule has 1 aliphatic carbocycles. The molecule has 1 unspecified atom stereocenters. The zero-order valence-corrected chi connectivity index (χ0v) is 17.2. The Morgan fingerprint density at radius 1 is 0.750 bits per heavy atom. The van der Waals surface area contributed by atoms with Crippen molar-refractivity contribution < 1.29 is 14.3 Å². The molecule has 0 bridgehead atoms. The Kier molecular flexibility index (Phi) is 6.86. The Labute approximate surface area is 168 Å². The van der Waals surface area contributed by atoms with Gasteiger partial charge in [0.15, 0.2) is 0 Å². The lowest BCUT2D eigenvalue weighted by Crippen LogP contribution is -2.56. The van der Waals surface area contributed by atoms with E-state index in [4.69, 9.17) is 4.74 Å². The van der Waals surface area contributed by atoms with Gasteiger partial charge in [0.05, 0.1) is 6.54 Å². The maximum Gasteiger partial charge on any atom is 0.251 e. The third-order valence-corrected chi connectivity index (χ3v) is 7.01. The van der Waals surface area contributed by atoms with Crippen LogP contribution < -0.4 is 0 Å². The van der Waals surface area contributed by atoms with E-state index in [0.29, 0.717) is 26.2 Å². The lowest BCUT2D eigenvalue weighted by atomic mass is 10.1. The molecule has 3 heterocycles. The van der Waals surface area contributed by atoms with Gasteiger partial charge in [-0.1, -0.05) is 12.8 Å². The van der Waals surface area contributed by atoms with Crippen LogP contribution in [0, 0.1) is 0 Å². The summed E-state index contributed by atoms with van der Waals surface area (Å²) in [4.78, 5) is 34.1. The summed E-state index contributed by atoms with van der Waals surface area (Å²) in [6.07, 6.45) is 8.16. The molecule has 158 valence electrons. The van der Waals surface area contributed by atoms with E-state index in [0.717, 1.165) is 64.6 Å². The fourth-order valence-electron chi connectivity index (χ4n) is 5.16. The molecule has 1 saturated carbocycles. The molecular formula is C21H36N4O3. The van der Waals surface area contributed by atoms with Gasteiger partial charge in [-0.15, -0.1) is 0 Å². The molecule has 7 nitrogen and oxygen atoms in total. The summed E-state index contributed by atoms with van der Waals surface area (Å²) in [5.41, 5.74) is 0. The third-order valence-electron chi connectivity index (χ3n) is 7.01. The second kappa shape index (κ2) is 9.55. The number of ether oxygens (including phenoxy) is 1. The minimum atomic E-state index is -0.238. The molecule has 3 saturated heterocycles. The first-order valence-electron chi connectivity index (χ1n) is 11.4. The topological polar surface area (TPSA) is 56.3 Å². The summed E-state index contributed by atoms with van der Waals surface area (Å²) in [7, 11) is 0. The number of hydrogen-bond donors (Lipinski definition) is 0. The predicted molar refractivity (Wildman–Crippen MR) is 107 cm³/mol. The van der Waals surface area contributed by atoms with E-state index < -0.39 is 0 Å². The summed E-state index contributed by atoms with van der Waals surface area (Å²) in [6.45, 7) is 7.98. The normalized spacial score (nSPS) is 28.6. The van der Waals surface area contributed by atoms with Gasteiger partial charge in [0.25, 0.3) is 5.91 Å². The molecule has 0 aromatic rings. The van der Waals surface area contributed by atoms with Crippen molar-refractivity contribution in [3.05, 3.63) is 0 Å². The Hall–Kier alpha value is -1.18. The quantitative estimate of drug-likeness (QED) is 0.708. The van der Waals surface area contributed by atoms with Crippen LogP contribution in [0.15, 0.2) is 0 Å². The van der Waals surface area contributed by atoms with Crippen LogP contribution in [0.1, 0.15) is 44.9 Å². The van der Waals surface area contributed by atoms with Crippen molar-refractivity contribution >= 4 is 11.8 Å². The molecule has 4 fully saturated rings. The van der Waals surface area contributed by atoms with Gasteiger partial charge in [0.1, 0.15) is 6.10 Å². The number of rotatable bonds is 4. The number of carbonyl (C=O) groups excluding carboxylic acids is 2. The monoisotopic (exact) mass is 392 g/mol. The molecule has 0 aromatic carbocycles. The van der Waals surface area contributed by atoms with Crippen LogP contribution in [-0.2, 0) is 14.3 Å². The first-order chi connectivity index (χ1) is 13.7. The fourth-order valence-corrected chi connectivity index (χ4v) is 5.16. The molecule has 0 N–H and O–H groups in total.